The van der Waals surface area contributed by atoms with Crippen molar-refractivity contribution in [3.63, 3.8) is 0 Å². The van der Waals surface area contributed by atoms with Crippen molar-refractivity contribution in [1.29, 1.82) is 0 Å². The molecule has 0 saturated heterocycles. The predicted octanol–water partition coefficient (Wildman–Crippen LogP) is 0.227. The van der Waals surface area contributed by atoms with E-state index in [0.717, 1.165) is 6.20 Å². The lowest BCUT2D eigenvalue weighted by Crippen LogP contribution is -2.04. The highest BCUT2D eigenvalue weighted by atomic mass is 35.5. The Balaban J connectivity index is 2.96. The Morgan fingerprint density at radius 3 is 2.83 bits per heavy atom. The average Bonchev–Trinajstić information content (AvgIpc) is 2.34. The maximum Gasteiger partial charge on any atom is 0.340 e. The summed E-state index contributed by atoms with van der Waals surface area (Å²) in [5, 5.41) is 20.8. The highest BCUT2D eigenvalue weighted by Gasteiger charge is 2.13. The number of halogens is 1. The summed E-state index contributed by atoms with van der Waals surface area (Å²) < 4.78 is 1.23. The van der Waals surface area contributed by atoms with Gasteiger partial charge in [-0.15, -0.1) is 0 Å². The zero-order chi connectivity index (χ0) is 9.14. The van der Waals surface area contributed by atoms with Crippen LogP contribution in [0.3, 0.4) is 0 Å². The van der Waals surface area contributed by atoms with Crippen molar-refractivity contribution in [3.05, 3.63) is 16.9 Å². The van der Waals surface area contributed by atoms with Crippen molar-refractivity contribution in [2.75, 3.05) is 6.61 Å². The van der Waals surface area contributed by atoms with Crippen LogP contribution in [0.15, 0.2) is 6.20 Å². The van der Waals surface area contributed by atoms with E-state index in [9.17, 15) is 4.79 Å². The van der Waals surface area contributed by atoms with Gasteiger partial charge in [-0.2, -0.15) is 5.10 Å². The van der Waals surface area contributed by atoms with Crippen molar-refractivity contribution >= 4 is 17.6 Å². The van der Waals surface area contributed by atoms with Gasteiger partial charge in [0.05, 0.1) is 19.3 Å². The zero-order valence-corrected chi connectivity index (χ0v) is 6.82. The Labute approximate surface area is 73.2 Å². The van der Waals surface area contributed by atoms with Crippen LogP contribution in [0.2, 0.25) is 5.15 Å². The lowest BCUT2D eigenvalue weighted by molar-refractivity contribution is 0.0697. The predicted molar refractivity (Wildman–Crippen MR) is 41.3 cm³/mol. The van der Waals surface area contributed by atoms with Crippen LogP contribution in [0.4, 0.5) is 0 Å². The smallest absolute Gasteiger partial charge is 0.340 e. The summed E-state index contributed by atoms with van der Waals surface area (Å²) >= 11 is 5.61. The second kappa shape index (κ2) is 3.55. The van der Waals surface area contributed by atoms with E-state index < -0.39 is 5.97 Å². The van der Waals surface area contributed by atoms with E-state index in [0.29, 0.717) is 0 Å². The van der Waals surface area contributed by atoms with Crippen molar-refractivity contribution in [2.24, 2.45) is 0 Å². The van der Waals surface area contributed by atoms with Gasteiger partial charge < -0.3 is 10.2 Å². The van der Waals surface area contributed by atoms with Gasteiger partial charge in [-0.1, -0.05) is 11.6 Å². The minimum atomic E-state index is -1.12. The maximum atomic E-state index is 10.4. The third-order valence-electron chi connectivity index (χ3n) is 1.32. The molecule has 0 aromatic carbocycles. The van der Waals surface area contributed by atoms with Crippen LogP contribution < -0.4 is 0 Å². The Bertz CT molecular complexity index is 297. The van der Waals surface area contributed by atoms with Gasteiger partial charge in [-0.25, -0.2) is 4.79 Å². The van der Waals surface area contributed by atoms with Crippen LogP contribution in [0.5, 0.6) is 0 Å². The summed E-state index contributed by atoms with van der Waals surface area (Å²) in [5.74, 6) is -1.12. The number of hydrogen-bond acceptors (Lipinski definition) is 3. The molecule has 1 heterocycles. The van der Waals surface area contributed by atoms with Gasteiger partial charge in [0.1, 0.15) is 10.7 Å². The summed E-state index contributed by atoms with van der Waals surface area (Å²) in [6.07, 6.45) is 1.15. The van der Waals surface area contributed by atoms with Gasteiger partial charge in [0.15, 0.2) is 0 Å². The van der Waals surface area contributed by atoms with Crippen LogP contribution in [0.25, 0.3) is 0 Å². The lowest BCUT2D eigenvalue weighted by Gasteiger charge is -1.98. The number of aliphatic hydroxyl groups excluding tert-OH is 1. The highest BCUT2D eigenvalue weighted by molar-refractivity contribution is 6.32. The van der Waals surface area contributed by atoms with Gasteiger partial charge in [0, 0.05) is 0 Å². The first kappa shape index (κ1) is 9.02. The molecule has 0 atom stereocenters. The molecule has 0 bridgehead atoms. The quantitative estimate of drug-likeness (QED) is 0.716. The molecule has 0 amide bonds. The molecule has 0 aliphatic rings. The summed E-state index contributed by atoms with van der Waals surface area (Å²) in [5.41, 5.74) is -0.0508. The van der Waals surface area contributed by atoms with E-state index in [1.54, 1.807) is 0 Å². The number of carboxylic acid groups (broad SMARTS) is 1. The van der Waals surface area contributed by atoms with Crippen molar-refractivity contribution in [3.8, 4) is 0 Å². The Morgan fingerprint density at radius 1 is 1.75 bits per heavy atom. The molecule has 0 aliphatic carbocycles. The molecule has 0 aliphatic heterocycles. The first-order valence-corrected chi connectivity index (χ1v) is 3.60. The fourth-order valence-corrected chi connectivity index (χ4v) is 1.02. The van der Waals surface area contributed by atoms with E-state index >= 15 is 0 Å². The number of aliphatic hydroxyl groups is 1. The third-order valence-corrected chi connectivity index (χ3v) is 1.72. The van der Waals surface area contributed by atoms with Gasteiger partial charge in [0.25, 0.3) is 0 Å². The summed E-state index contributed by atoms with van der Waals surface area (Å²) in [7, 11) is 0. The van der Waals surface area contributed by atoms with Crippen LogP contribution in [-0.4, -0.2) is 32.6 Å². The van der Waals surface area contributed by atoms with Gasteiger partial charge in [0.2, 0.25) is 0 Å². The van der Waals surface area contributed by atoms with Crippen LogP contribution in [-0.2, 0) is 6.54 Å². The first-order valence-electron chi connectivity index (χ1n) is 3.22. The molecule has 5 nitrogen and oxygen atoms in total. The molecule has 12 heavy (non-hydrogen) atoms. The summed E-state index contributed by atoms with van der Waals surface area (Å²) in [6, 6.07) is 0. The normalized spacial score (nSPS) is 10.2. The number of aromatic nitrogens is 2. The molecule has 6 heteroatoms. The molecule has 0 unspecified atom stereocenters. The Hall–Kier alpha value is -1.07. The average molecular weight is 191 g/mol. The SMILES string of the molecule is O=C(O)c1cnn(CCO)c1Cl. The van der Waals surface area contributed by atoms with E-state index in [2.05, 4.69) is 5.10 Å². The van der Waals surface area contributed by atoms with Crippen LogP contribution in [0, 0.1) is 0 Å². The number of nitrogens with zero attached hydrogens (tertiary/aromatic N) is 2. The third kappa shape index (κ3) is 1.57. The number of hydrogen-bond donors (Lipinski definition) is 2. The number of carbonyl (C=O) groups is 1. The second-order valence-electron chi connectivity index (χ2n) is 2.10. The zero-order valence-electron chi connectivity index (χ0n) is 6.07. The first-order chi connectivity index (χ1) is 5.66. The summed E-state index contributed by atoms with van der Waals surface area (Å²) in [4.78, 5) is 10.4. The van der Waals surface area contributed by atoms with E-state index in [1.165, 1.54) is 4.68 Å². The van der Waals surface area contributed by atoms with Crippen molar-refractivity contribution < 1.29 is 15.0 Å². The minimum Gasteiger partial charge on any atom is -0.478 e. The van der Waals surface area contributed by atoms with E-state index in [-0.39, 0.29) is 23.9 Å². The van der Waals surface area contributed by atoms with Gasteiger partial charge in [-0.3, -0.25) is 4.68 Å². The van der Waals surface area contributed by atoms with Crippen LogP contribution in [0.1, 0.15) is 10.4 Å². The number of rotatable bonds is 3. The maximum absolute atomic E-state index is 10.4. The number of carboxylic acids is 1. The molecular weight excluding hydrogens is 184 g/mol. The lowest BCUT2D eigenvalue weighted by atomic mass is 10.4. The standard InChI is InChI=1S/C6H7ClN2O3/c7-5-4(6(11)12)3-8-9(5)1-2-10/h3,10H,1-2H2,(H,11,12). The highest BCUT2D eigenvalue weighted by Crippen LogP contribution is 2.14. The molecule has 0 fully saturated rings. The van der Waals surface area contributed by atoms with E-state index in [1.807, 2.05) is 0 Å². The fraction of sp³-hybridized carbons (Fsp3) is 0.333. The molecule has 2 N–H and O–H groups in total. The second-order valence-corrected chi connectivity index (χ2v) is 2.46. The topological polar surface area (TPSA) is 75.3 Å². The molecular formula is C6H7ClN2O3. The van der Waals surface area contributed by atoms with Gasteiger partial charge >= 0.3 is 5.97 Å². The molecule has 0 saturated carbocycles. The molecule has 1 rings (SSSR count). The molecule has 1 aromatic rings. The molecule has 0 spiro atoms. The van der Waals surface area contributed by atoms with Crippen molar-refractivity contribution in [1.82, 2.24) is 9.78 Å². The largest absolute Gasteiger partial charge is 0.478 e. The molecule has 1 aromatic heterocycles. The Kier molecular flexibility index (Phi) is 2.67. The van der Waals surface area contributed by atoms with E-state index in [4.69, 9.17) is 21.8 Å². The number of aromatic carboxylic acids is 1. The van der Waals surface area contributed by atoms with Crippen molar-refractivity contribution in [2.45, 2.75) is 6.54 Å². The fourth-order valence-electron chi connectivity index (χ4n) is 0.764. The molecule has 0 radical (unpaired) electrons. The minimum absolute atomic E-state index is 0.0385. The monoisotopic (exact) mass is 190 g/mol. The van der Waals surface area contributed by atoms with Crippen LogP contribution >= 0.6 is 11.6 Å². The Morgan fingerprint density at radius 2 is 2.42 bits per heavy atom. The molecule has 66 valence electrons. The van der Waals surface area contributed by atoms with Gasteiger partial charge in [-0.05, 0) is 0 Å². The summed E-state index contributed by atoms with van der Waals surface area (Å²) in [6.45, 7) is 0.0760.